The Hall–Kier alpha value is -1.86. The summed E-state index contributed by atoms with van der Waals surface area (Å²) in [7, 11) is 0. The molecule has 0 saturated heterocycles. The predicted octanol–water partition coefficient (Wildman–Crippen LogP) is 3.32. The molecule has 0 atom stereocenters. The van der Waals surface area contributed by atoms with Gasteiger partial charge in [0.25, 0.3) is 0 Å². The minimum absolute atomic E-state index is 0.0272. The van der Waals surface area contributed by atoms with E-state index in [1.807, 2.05) is 0 Å². The van der Waals surface area contributed by atoms with Gasteiger partial charge in [-0.2, -0.15) is 8.78 Å². The SMILES string of the molecule is O=CCCc1cc(OC(F)(F)F)ccc1OC(F)F. The molecule has 19 heavy (non-hydrogen) atoms. The van der Waals surface area contributed by atoms with Crippen LogP contribution in [0.5, 0.6) is 11.5 Å². The highest BCUT2D eigenvalue weighted by Gasteiger charge is 2.31. The summed E-state index contributed by atoms with van der Waals surface area (Å²) in [6, 6.07) is 2.71. The van der Waals surface area contributed by atoms with Crippen molar-refractivity contribution in [2.45, 2.75) is 25.8 Å². The van der Waals surface area contributed by atoms with Gasteiger partial charge in [-0.3, -0.25) is 0 Å². The lowest BCUT2D eigenvalue weighted by atomic mass is 10.1. The number of halogens is 5. The Labute approximate surface area is 104 Å². The minimum atomic E-state index is -4.88. The first-order valence-corrected chi connectivity index (χ1v) is 5.09. The summed E-state index contributed by atoms with van der Waals surface area (Å²) in [5.74, 6) is -0.846. The topological polar surface area (TPSA) is 35.5 Å². The molecule has 1 aromatic rings. The first kappa shape index (κ1) is 15.2. The molecule has 0 aliphatic carbocycles. The number of rotatable bonds is 6. The van der Waals surface area contributed by atoms with Crippen LogP contribution < -0.4 is 9.47 Å². The van der Waals surface area contributed by atoms with Crippen molar-refractivity contribution in [1.29, 1.82) is 0 Å². The number of carbonyl (C=O) groups excluding carboxylic acids is 1. The van der Waals surface area contributed by atoms with E-state index in [4.69, 9.17) is 0 Å². The molecule has 0 heterocycles. The molecule has 0 N–H and O–H groups in total. The van der Waals surface area contributed by atoms with Crippen molar-refractivity contribution in [3.05, 3.63) is 23.8 Å². The van der Waals surface area contributed by atoms with Crippen molar-refractivity contribution in [1.82, 2.24) is 0 Å². The quantitative estimate of drug-likeness (QED) is 0.594. The summed E-state index contributed by atoms with van der Waals surface area (Å²) < 4.78 is 68.0. The van der Waals surface area contributed by atoms with Crippen LogP contribution in [0.25, 0.3) is 0 Å². The second-order valence-electron chi connectivity index (χ2n) is 3.40. The van der Waals surface area contributed by atoms with Gasteiger partial charge in [0.1, 0.15) is 17.8 Å². The van der Waals surface area contributed by atoms with Gasteiger partial charge in [0, 0.05) is 6.42 Å². The van der Waals surface area contributed by atoms with Gasteiger partial charge in [-0.1, -0.05) is 0 Å². The maximum Gasteiger partial charge on any atom is 0.573 e. The van der Waals surface area contributed by atoms with E-state index in [0.29, 0.717) is 6.29 Å². The molecule has 1 rings (SSSR count). The van der Waals surface area contributed by atoms with Crippen LogP contribution >= 0.6 is 0 Å². The molecule has 3 nitrogen and oxygen atoms in total. The van der Waals surface area contributed by atoms with Crippen molar-refractivity contribution in [2.75, 3.05) is 0 Å². The predicted molar refractivity (Wildman–Crippen MR) is 54.1 cm³/mol. The fourth-order valence-electron chi connectivity index (χ4n) is 1.37. The second-order valence-corrected chi connectivity index (χ2v) is 3.40. The first-order chi connectivity index (χ1) is 8.81. The van der Waals surface area contributed by atoms with Crippen LogP contribution in [0.15, 0.2) is 18.2 Å². The van der Waals surface area contributed by atoms with Crippen LogP contribution in [0.3, 0.4) is 0 Å². The third-order valence-corrected chi connectivity index (χ3v) is 2.01. The lowest BCUT2D eigenvalue weighted by Crippen LogP contribution is -2.17. The number of hydrogen-bond donors (Lipinski definition) is 0. The highest BCUT2D eigenvalue weighted by atomic mass is 19.4. The van der Waals surface area contributed by atoms with Gasteiger partial charge in [-0.15, -0.1) is 13.2 Å². The van der Waals surface area contributed by atoms with Gasteiger partial charge in [0.15, 0.2) is 0 Å². The van der Waals surface area contributed by atoms with Gasteiger partial charge >= 0.3 is 13.0 Å². The molecule has 0 aliphatic heterocycles. The number of alkyl halides is 5. The number of ether oxygens (including phenoxy) is 2. The lowest BCUT2D eigenvalue weighted by molar-refractivity contribution is -0.274. The molecule has 0 unspecified atom stereocenters. The van der Waals surface area contributed by atoms with E-state index in [2.05, 4.69) is 9.47 Å². The largest absolute Gasteiger partial charge is 0.573 e. The summed E-state index contributed by atoms with van der Waals surface area (Å²) in [5, 5.41) is 0. The Bertz CT molecular complexity index is 431. The number of aldehydes is 1. The highest BCUT2D eigenvalue weighted by Crippen LogP contribution is 2.30. The summed E-state index contributed by atoms with van der Waals surface area (Å²) in [5.41, 5.74) is 0.0363. The average Bonchev–Trinajstić information content (AvgIpc) is 2.26. The Morgan fingerprint density at radius 1 is 1.26 bits per heavy atom. The summed E-state index contributed by atoms with van der Waals surface area (Å²) >= 11 is 0. The molecule has 0 fully saturated rings. The molecular formula is C11H9F5O3. The summed E-state index contributed by atoms with van der Waals surface area (Å²) in [6.07, 6.45) is -4.42. The number of aryl methyl sites for hydroxylation is 1. The van der Waals surface area contributed by atoms with Gasteiger partial charge in [-0.25, -0.2) is 0 Å². The minimum Gasteiger partial charge on any atom is -0.435 e. The summed E-state index contributed by atoms with van der Waals surface area (Å²) in [6.45, 7) is -3.11. The smallest absolute Gasteiger partial charge is 0.435 e. The molecule has 0 radical (unpaired) electrons. The first-order valence-electron chi connectivity index (χ1n) is 5.09. The Kier molecular flexibility index (Phi) is 5.08. The van der Waals surface area contributed by atoms with Crippen molar-refractivity contribution in [2.24, 2.45) is 0 Å². The van der Waals surface area contributed by atoms with E-state index in [9.17, 15) is 26.7 Å². The highest BCUT2D eigenvalue weighted by molar-refractivity contribution is 5.51. The third kappa shape index (κ3) is 5.54. The molecule has 1 aromatic carbocycles. The monoisotopic (exact) mass is 284 g/mol. The van der Waals surface area contributed by atoms with Crippen molar-refractivity contribution in [3.8, 4) is 11.5 Å². The second kappa shape index (κ2) is 6.35. The molecule has 0 aromatic heterocycles. The van der Waals surface area contributed by atoms with E-state index >= 15 is 0 Å². The van der Waals surface area contributed by atoms with Gasteiger partial charge < -0.3 is 14.3 Å². The normalized spacial score (nSPS) is 11.5. The van der Waals surface area contributed by atoms with Crippen LogP contribution in [0, 0.1) is 0 Å². The molecule has 0 aliphatic rings. The van der Waals surface area contributed by atoms with Crippen LogP contribution in [0.2, 0.25) is 0 Å². The number of hydrogen-bond acceptors (Lipinski definition) is 3. The van der Waals surface area contributed by atoms with Crippen LogP contribution in [0.1, 0.15) is 12.0 Å². The maximum absolute atomic E-state index is 12.1. The van der Waals surface area contributed by atoms with Gasteiger partial charge in [0.05, 0.1) is 0 Å². The van der Waals surface area contributed by atoms with Crippen molar-refractivity contribution < 1.29 is 36.2 Å². The molecule has 0 bridgehead atoms. The number of benzene rings is 1. The van der Waals surface area contributed by atoms with Gasteiger partial charge in [0.2, 0.25) is 0 Å². The van der Waals surface area contributed by atoms with Crippen LogP contribution in [-0.4, -0.2) is 19.3 Å². The molecule has 8 heteroatoms. The lowest BCUT2D eigenvalue weighted by Gasteiger charge is -2.13. The van der Waals surface area contributed by atoms with E-state index in [-0.39, 0.29) is 24.2 Å². The van der Waals surface area contributed by atoms with Crippen molar-refractivity contribution in [3.63, 3.8) is 0 Å². The fourth-order valence-corrected chi connectivity index (χ4v) is 1.37. The van der Waals surface area contributed by atoms with E-state index in [1.165, 1.54) is 0 Å². The molecule has 0 amide bonds. The zero-order chi connectivity index (χ0) is 14.5. The van der Waals surface area contributed by atoms with Crippen LogP contribution in [-0.2, 0) is 11.2 Å². The Morgan fingerprint density at radius 2 is 1.95 bits per heavy atom. The van der Waals surface area contributed by atoms with E-state index in [1.54, 1.807) is 0 Å². The van der Waals surface area contributed by atoms with Gasteiger partial charge in [-0.05, 0) is 30.2 Å². The Balaban J connectivity index is 2.96. The zero-order valence-corrected chi connectivity index (χ0v) is 9.42. The molecule has 0 spiro atoms. The molecular weight excluding hydrogens is 275 g/mol. The fraction of sp³-hybridized carbons (Fsp3) is 0.364. The third-order valence-electron chi connectivity index (χ3n) is 2.01. The van der Waals surface area contributed by atoms with Crippen molar-refractivity contribution >= 4 is 6.29 Å². The van der Waals surface area contributed by atoms with Crippen LogP contribution in [0.4, 0.5) is 22.0 Å². The Morgan fingerprint density at radius 3 is 2.47 bits per heavy atom. The number of carbonyl (C=O) groups is 1. The molecule has 0 saturated carbocycles. The standard InChI is InChI=1S/C11H9F5O3/c12-10(13)18-9-4-3-8(19-11(14,15)16)6-7(9)2-1-5-17/h3-6,10H,1-2H2. The summed E-state index contributed by atoms with van der Waals surface area (Å²) in [4.78, 5) is 10.2. The van der Waals surface area contributed by atoms with E-state index in [0.717, 1.165) is 18.2 Å². The maximum atomic E-state index is 12.1. The zero-order valence-electron chi connectivity index (χ0n) is 9.42. The molecule has 106 valence electrons. The average molecular weight is 284 g/mol. The van der Waals surface area contributed by atoms with E-state index < -0.39 is 18.7 Å².